The molecule has 2 aromatic heterocycles. The van der Waals surface area contributed by atoms with E-state index in [1.807, 2.05) is 23.1 Å². The van der Waals surface area contributed by atoms with E-state index in [0.29, 0.717) is 19.1 Å². The Morgan fingerprint density at radius 1 is 1.16 bits per heavy atom. The van der Waals surface area contributed by atoms with E-state index in [1.165, 1.54) is 12.8 Å². The average Bonchev–Trinajstić information content (AvgIpc) is 3.39. The molecule has 4 rings (SSSR count). The van der Waals surface area contributed by atoms with Crippen molar-refractivity contribution in [2.75, 3.05) is 37.6 Å². The number of carbonyl (C=O) groups excluding carboxylic acids is 1. The molecule has 0 N–H and O–H groups in total. The van der Waals surface area contributed by atoms with Gasteiger partial charge in [0.25, 0.3) is 0 Å². The van der Waals surface area contributed by atoms with Crippen molar-refractivity contribution in [1.82, 2.24) is 19.8 Å². The maximum Gasteiger partial charge on any atom is 0.236 e. The Morgan fingerprint density at radius 3 is 2.56 bits per heavy atom. The van der Waals surface area contributed by atoms with Crippen LogP contribution < -0.4 is 4.90 Å². The highest BCUT2D eigenvalue weighted by atomic mass is 16.3. The molecule has 2 aliphatic rings. The molecular weight excluding hydrogens is 318 g/mol. The number of carbonyl (C=O) groups is 1. The van der Waals surface area contributed by atoms with E-state index in [2.05, 4.69) is 19.8 Å². The molecule has 1 amide bonds. The number of amides is 1. The van der Waals surface area contributed by atoms with Gasteiger partial charge in [0.15, 0.2) is 0 Å². The molecule has 1 saturated heterocycles. The Labute approximate surface area is 147 Å². The monoisotopic (exact) mass is 341 g/mol. The van der Waals surface area contributed by atoms with Gasteiger partial charge in [-0.25, -0.2) is 9.97 Å². The Morgan fingerprint density at radius 2 is 1.92 bits per heavy atom. The SMILES string of the molecule is O=C(CN(Cc1ccco1)C1CC1)N1CCN(c2ncccn2)CC1. The molecule has 3 heterocycles. The van der Waals surface area contributed by atoms with Crippen LogP contribution in [0.15, 0.2) is 41.3 Å². The molecule has 7 nitrogen and oxygen atoms in total. The summed E-state index contributed by atoms with van der Waals surface area (Å²) in [6.45, 7) is 4.16. The van der Waals surface area contributed by atoms with E-state index < -0.39 is 0 Å². The van der Waals surface area contributed by atoms with Crippen molar-refractivity contribution in [3.05, 3.63) is 42.6 Å². The van der Waals surface area contributed by atoms with Crippen molar-refractivity contribution in [3.8, 4) is 0 Å². The fraction of sp³-hybridized carbons (Fsp3) is 0.500. The minimum absolute atomic E-state index is 0.201. The highest BCUT2D eigenvalue weighted by Crippen LogP contribution is 2.28. The third kappa shape index (κ3) is 3.99. The van der Waals surface area contributed by atoms with Crippen molar-refractivity contribution >= 4 is 11.9 Å². The molecule has 2 aromatic rings. The lowest BCUT2D eigenvalue weighted by atomic mass is 10.3. The van der Waals surface area contributed by atoms with E-state index in [4.69, 9.17) is 4.42 Å². The number of hydrogen-bond donors (Lipinski definition) is 0. The summed E-state index contributed by atoms with van der Waals surface area (Å²) in [5, 5.41) is 0. The number of anilines is 1. The van der Waals surface area contributed by atoms with E-state index in [9.17, 15) is 4.79 Å². The van der Waals surface area contributed by atoms with Crippen LogP contribution in [0.4, 0.5) is 5.95 Å². The number of hydrogen-bond acceptors (Lipinski definition) is 6. The minimum Gasteiger partial charge on any atom is -0.468 e. The van der Waals surface area contributed by atoms with Crippen molar-refractivity contribution in [3.63, 3.8) is 0 Å². The second kappa shape index (κ2) is 7.23. The van der Waals surface area contributed by atoms with Gasteiger partial charge in [-0.05, 0) is 31.0 Å². The molecule has 0 atom stereocenters. The van der Waals surface area contributed by atoms with Gasteiger partial charge in [0.1, 0.15) is 5.76 Å². The highest BCUT2D eigenvalue weighted by Gasteiger charge is 2.32. The normalized spacial score (nSPS) is 18.0. The van der Waals surface area contributed by atoms with Gasteiger partial charge in [-0.2, -0.15) is 0 Å². The molecule has 25 heavy (non-hydrogen) atoms. The topological polar surface area (TPSA) is 65.7 Å². The Hall–Kier alpha value is -2.41. The third-order valence-electron chi connectivity index (χ3n) is 4.81. The zero-order valence-electron chi connectivity index (χ0n) is 14.3. The molecule has 0 bridgehead atoms. The lowest BCUT2D eigenvalue weighted by Crippen LogP contribution is -2.51. The summed E-state index contributed by atoms with van der Waals surface area (Å²) >= 11 is 0. The summed E-state index contributed by atoms with van der Waals surface area (Å²) in [7, 11) is 0. The summed E-state index contributed by atoms with van der Waals surface area (Å²) in [4.78, 5) is 27.6. The first kappa shape index (κ1) is 16.1. The Kier molecular flexibility index (Phi) is 4.65. The van der Waals surface area contributed by atoms with Gasteiger partial charge in [-0.3, -0.25) is 9.69 Å². The van der Waals surface area contributed by atoms with E-state index in [0.717, 1.165) is 37.9 Å². The molecule has 7 heteroatoms. The van der Waals surface area contributed by atoms with Gasteiger partial charge >= 0.3 is 0 Å². The molecule has 0 radical (unpaired) electrons. The molecule has 1 saturated carbocycles. The summed E-state index contributed by atoms with van der Waals surface area (Å²) in [5.41, 5.74) is 0. The van der Waals surface area contributed by atoms with Crippen molar-refractivity contribution in [2.24, 2.45) is 0 Å². The zero-order valence-corrected chi connectivity index (χ0v) is 14.3. The highest BCUT2D eigenvalue weighted by molar-refractivity contribution is 5.78. The van der Waals surface area contributed by atoms with Gasteiger partial charge in [-0.15, -0.1) is 0 Å². The summed E-state index contributed by atoms with van der Waals surface area (Å²) < 4.78 is 5.44. The van der Waals surface area contributed by atoms with Crippen LogP contribution in [0.25, 0.3) is 0 Å². The van der Waals surface area contributed by atoms with Crippen LogP contribution in [-0.4, -0.2) is 64.4 Å². The second-order valence-electron chi connectivity index (χ2n) is 6.63. The molecule has 2 fully saturated rings. The van der Waals surface area contributed by atoms with Gasteiger partial charge < -0.3 is 14.2 Å². The van der Waals surface area contributed by atoms with Crippen molar-refractivity contribution in [2.45, 2.75) is 25.4 Å². The number of aromatic nitrogens is 2. The van der Waals surface area contributed by atoms with E-state index in [1.54, 1.807) is 18.7 Å². The van der Waals surface area contributed by atoms with E-state index in [-0.39, 0.29) is 5.91 Å². The van der Waals surface area contributed by atoms with Crippen molar-refractivity contribution in [1.29, 1.82) is 0 Å². The number of furan rings is 1. The molecule has 0 unspecified atom stereocenters. The first-order valence-corrected chi connectivity index (χ1v) is 8.86. The molecule has 132 valence electrons. The standard InChI is InChI=1S/C18H23N5O2/c24-17(14-23(15-4-5-15)13-16-3-1-12-25-16)21-8-10-22(11-9-21)18-19-6-2-7-20-18/h1-3,6-7,12,15H,4-5,8-11,13-14H2. The summed E-state index contributed by atoms with van der Waals surface area (Å²) in [5.74, 6) is 1.87. The number of piperazine rings is 1. The van der Waals surface area contributed by atoms with Crippen LogP contribution in [-0.2, 0) is 11.3 Å². The summed E-state index contributed by atoms with van der Waals surface area (Å²) in [6.07, 6.45) is 7.54. The van der Waals surface area contributed by atoms with Gasteiger partial charge in [0.2, 0.25) is 11.9 Å². The predicted molar refractivity (Wildman–Crippen MR) is 93.0 cm³/mol. The maximum atomic E-state index is 12.7. The Balaban J connectivity index is 1.31. The molecule has 0 aromatic carbocycles. The van der Waals surface area contributed by atoms with Crippen LogP contribution in [0, 0.1) is 0 Å². The average molecular weight is 341 g/mol. The Bertz CT molecular complexity index is 679. The molecule has 1 aliphatic heterocycles. The third-order valence-corrected chi connectivity index (χ3v) is 4.81. The number of nitrogens with zero attached hydrogens (tertiary/aromatic N) is 5. The fourth-order valence-corrected chi connectivity index (χ4v) is 3.24. The fourth-order valence-electron chi connectivity index (χ4n) is 3.24. The van der Waals surface area contributed by atoms with Gasteiger partial charge in [0, 0.05) is 44.6 Å². The van der Waals surface area contributed by atoms with Gasteiger partial charge in [-0.1, -0.05) is 0 Å². The largest absolute Gasteiger partial charge is 0.468 e. The molecule has 1 aliphatic carbocycles. The van der Waals surface area contributed by atoms with Crippen LogP contribution in [0.1, 0.15) is 18.6 Å². The first-order chi connectivity index (χ1) is 12.3. The van der Waals surface area contributed by atoms with Crippen molar-refractivity contribution < 1.29 is 9.21 Å². The second-order valence-corrected chi connectivity index (χ2v) is 6.63. The minimum atomic E-state index is 0.201. The molecule has 0 spiro atoms. The smallest absolute Gasteiger partial charge is 0.236 e. The maximum absolute atomic E-state index is 12.7. The lowest BCUT2D eigenvalue weighted by Gasteiger charge is -2.35. The van der Waals surface area contributed by atoms with Crippen LogP contribution in [0.5, 0.6) is 0 Å². The quantitative estimate of drug-likeness (QED) is 0.791. The predicted octanol–water partition coefficient (Wildman–Crippen LogP) is 1.38. The van der Waals surface area contributed by atoms with Crippen LogP contribution in [0.2, 0.25) is 0 Å². The first-order valence-electron chi connectivity index (χ1n) is 8.86. The van der Waals surface area contributed by atoms with E-state index >= 15 is 0 Å². The van der Waals surface area contributed by atoms with Crippen LogP contribution in [0.3, 0.4) is 0 Å². The zero-order chi connectivity index (χ0) is 17.1. The van der Waals surface area contributed by atoms with Gasteiger partial charge in [0.05, 0.1) is 19.4 Å². The summed E-state index contributed by atoms with van der Waals surface area (Å²) in [6, 6.07) is 6.20. The van der Waals surface area contributed by atoms with Crippen LogP contribution >= 0.6 is 0 Å². The number of rotatable bonds is 6. The lowest BCUT2D eigenvalue weighted by molar-refractivity contribution is -0.133. The molecular formula is C18H23N5O2.